The molecule has 0 saturated carbocycles. The van der Waals surface area contributed by atoms with Crippen LogP contribution in [-0.2, 0) is 0 Å². The number of tetrazole rings is 1. The van der Waals surface area contributed by atoms with Gasteiger partial charge in [0.05, 0.1) is 5.69 Å². The lowest BCUT2D eigenvalue weighted by molar-refractivity contribution is 0.314. The SMILES string of the molecule is CCC(C)(C)CNC(C)c1cccc(-n2cnnn2)c1. The second-order valence-electron chi connectivity index (χ2n) is 5.97. The summed E-state index contributed by atoms with van der Waals surface area (Å²) < 4.78 is 1.67. The maximum Gasteiger partial charge on any atom is 0.143 e. The highest BCUT2D eigenvalue weighted by molar-refractivity contribution is 5.35. The molecule has 1 N–H and O–H groups in total. The summed E-state index contributed by atoms with van der Waals surface area (Å²) in [6.45, 7) is 9.98. The number of hydrogen-bond donors (Lipinski definition) is 1. The molecule has 2 rings (SSSR count). The lowest BCUT2D eigenvalue weighted by Gasteiger charge is -2.26. The van der Waals surface area contributed by atoms with Gasteiger partial charge in [-0.15, -0.1) is 5.10 Å². The van der Waals surface area contributed by atoms with Gasteiger partial charge in [-0.2, -0.15) is 0 Å². The van der Waals surface area contributed by atoms with Crippen LogP contribution in [0.25, 0.3) is 5.69 Å². The van der Waals surface area contributed by atoms with Crippen LogP contribution in [0.1, 0.15) is 45.7 Å². The molecular formula is C15H23N5. The van der Waals surface area contributed by atoms with Gasteiger partial charge < -0.3 is 5.32 Å². The highest BCUT2D eigenvalue weighted by atomic mass is 15.5. The summed E-state index contributed by atoms with van der Waals surface area (Å²) in [5.74, 6) is 0. The molecular weight excluding hydrogens is 250 g/mol. The van der Waals surface area contributed by atoms with Crippen LogP contribution in [0.3, 0.4) is 0 Å². The fourth-order valence-electron chi connectivity index (χ4n) is 1.89. The van der Waals surface area contributed by atoms with Gasteiger partial charge in [0.1, 0.15) is 6.33 Å². The Morgan fingerprint density at radius 3 is 2.80 bits per heavy atom. The van der Waals surface area contributed by atoms with E-state index in [1.165, 1.54) is 5.56 Å². The Morgan fingerprint density at radius 2 is 2.15 bits per heavy atom. The zero-order chi connectivity index (χ0) is 14.6. The van der Waals surface area contributed by atoms with E-state index in [4.69, 9.17) is 0 Å². The van der Waals surface area contributed by atoms with Gasteiger partial charge in [0.2, 0.25) is 0 Å². The summed E-state index contributed by atoms with van der Waals surface area (Å²) in [5, 5.41) is 14.9. The molecule has 1 aromatic heterocycles. The molecule has 1 aromatic carbocycles. The van der Waals surface area contributed by atoms with Gasteiger partial charge >= 0.3 is 0 Å². The van der Waals surface area contributed by atoms with Gasteiger partial charge in [-0.05, 0) is 46.9 Å². The van der Waals surface area contributed by atoms with E-state index in [0.29, 0.717) is 11.5 Å². The first kappa shape index (κ1) is 14.7. The predicted octanol–water partition coefficient (Wildman–Crippen LogP) is 2.75. The number of hydrogen-bond acceptors (Lipinski definition) is 4. The average molecular weight is 273 g/mol. The molecule has 108 valence electrons. The second kappa shape index (κ2) is 6.13. The quantitative estimate of drug-likeness (QED) is 0.879. The molecule has 2 aromatic rings. The minimum absolute atomic E-state index is 0.303. The molecule has 0 bridgehead atoms. The van der Waals surface area contributed by atoms with Gasteiger partial charge in [0, 0.05) is 12.6 Å². The summed E-state index contributed by atoms with van der Waals surface area (Å²) in [6, 6.07) is 8.59. The van der Waals surface area contributed by atoms with Crippen LogP contribution in [0, 0.1) is 5.41 Å². The molecule has 0 aliphatic heterocycles. The Morgan fingerprint density at radius 1 is 1.35 bits per heavy atom. The standard InChI is InChI=1S/C15H23N5/c1-5-15(3,4)10-16-12(2)13-7-6-8-14(9-13)20-11-17-18-19-20/h6-9,11-12,16H,5,10H2,1-4H3. The van der Waals surface area contributed by atoms with Crippen LogP contribution in [0.2, 0.25) is 0 Å². The van der Waals surface area contributed by atoms with Crippen molar-refractivity contribution in [1.82, 2.24) is 25.5 Å². The molecule has 0 aliphatic rings. The van der Waals surface area contributed by atoms with Crippen LogP contribution in [0.5, 0.6) is 0 Å². The largest absolute Gasteiger partial charge is 0.310 e. The van der Waals surface area contributed by atoms with E-state index in [2.05, 4.69) is 60.7 Å². The van der Waals surface area contributed by atoms with Crippen molar-refractivity contribution in [3.63, 3.8) is 0 Å². The first-order valence-corrected chi connectivity index (χ1v) is 7.08. The van der Waals surface area contributed by atoms with Crippen molar-refractivity contribution < 1.29 is 0 Å². The number of rotatable bonds is 6. The molecule has 0 saturated heterocycles. The summed E-state index contributed by atoms with van der Waals surface area (Å²) >= 11 is 0. The second-order valence-corrected chi connectivity index (χ2v) is 5.97. The van der Waals surface area contributed by atoms with Gasteiger partial charge in [0.15, 0.2) is 0 Å². The molecule has 0 radical (unpaired) electrons. The van der Waals surface area contributed by atoms with E-state index in [1.807, 2.05) is 12.1 Å². The fourth-order valence-corrected chi connectivity index (χ4v) is 1.89. The normalized spacial score (nSPS) is 13.4. The molecule has 0 aliphatic carbocycles. The molecule has 1 atom stereocenters. The monoisotopic (exact) mass is 273 g/mol. The molecule has 5 nitrogen and oxygen atoms in total. The lowest BCUT2D eigenvalue weighted by atomic mass is 9.90. The van der Waals surface area contributed by atoms with Gasteiger partial charge in [-0.3, -0.25) is 0 Å². The molecule has 0 amide bonds. The van der Waals surface area contributed by atoms with Crippen molar-refractivity contribution in [2.24, 2.45) is 5.41 Å². The van der Waals surface area contributed by atoms with Crippen molar-refractivity contribution in [3.8, 4) is 5.69 Å². The minimum Gasteiger partial charge on any atom is -0.310 e. The Hall–Kier alpha value is -1.75. The van der Waals surface area contributed by atoms with Crippen LogP contribution in [0.15, 0.2) is 30.6 Å². The van der Waals surface area contributed by atoms with Gasteiger partial charge in [-0.25, -0.2) is 4.68 Å². The summed E-state index contributed by atoms with van der Waals surface area (Å²) in [6.07, 6.45) is 2.77. The average Bonchev–Trinajstić information content (AvgIpc) is 2.99. The van der Waals surface area contributed by atoms with Crippen LogP contribution in [0.4, 0.5) is 0 Å². The molecule has 1 heterocycles. The zero-order valence-corrected chi connectivity index (χ0v) is 12.7. The Kier molecular flexibility index (Phi) is 4.49. The van der Waals surface area contributed by atoms with Crippen LogP contribution < -0.4 is 5.32 Å². The molecule has 5 heteroatoms. The van der Waals surface area contributed by atoms with Crippen molar-refractivity contribution in [1.29, 1.82) is 0 Å². The van der Waals surface area contributed by atoms with Crippen molar-refractivity contribution in [2.45, 2.75) is 40.2 Å². The minimum atomic E-state index is 0.303. The van der Waals surface area contributed by atoms with Gasteiger partial charge in [0.25, 0.3) is 0 Å². The molecule has 0 fully saturated rings. The third-order valence-electron chi connectivity index (χ3n) is 3.83. The van der Waals surface area contributed by atoms with Crippen molar-refractivity contribution >= 4 is 0 Å². The van der Waals surface area contributed by atoms with E-state index in [0.717, 1.165) is 18.7 Å². The molecule has 1 unspecified atom stereocenters. The van der Waals surface area contributed by atoms with E-state index in [1.54, 1.807) is 11.0 Å². The van der Waals surface area contributed by atoms with Crippen molar-refractivity contribution in [3.05, 3.63) is 36.2 Å². The molecule has 20 heavy (non-hydrogen) atoms. The maximum absolute atomic E-state index is 3.92. The van der Waals surface area contributed by atoms with Crippen LogP contribution >= 0.6 is 0 Å². The lowest BCUT2D eigenvalue weighted by Crippen LogP contribution is -2.30. The fraction of sp³-hybridized carbons (Fsp3) is 0.533. The third kappa shape index (κ3) is 3.63. The van der Waals surface area contributed by atoms with Crippen molar-refractivity contribution in [2.75, 3.05) is 6.54 Å². The maximum atomic E-state index is 3.92. The van der Waals surface area contributed by atoms with E-state index < -0.39 is 0 Å². The molecule has 0 spiro atoms. The first-order valence-electron chi connectivity index (χ1n) is 7.08. The number of aromatic nitrogens is 4. The van der Waals surface area contributed by atoms with E-state index in [9.17, 15) is 0 Å². The summed E-state index contributed by atoms with van der Waals surface area (Å²) in [4.78, 5) is 0. The highest BCUT2D eigenvalue weighted by Crippen LogP contribution is 2.21. The zero-order valence-electron chi connectivity index (χ0n) is 12.7. The third-order valence-corrected chi connectivity index (χ3v) is 3.83. The number of benzene rings is 1. The van der Waals surface area contributed by atoms with Crippen LogP contribution in [-0.4, -0.2) is 26.8 Å². The number of nitrogens with zero attached hydrogens (tertiary/aromatic N) is 4. The summed E-state index contributed by atoms with van der Waals surface area (Å²) in [5.41, 5.74) is 2.54. The smallest absolute Gasteiger partial charge is 0.143 e. The predicted molar refractivity (Wildman–Crippen MR) is 79.6 cm³/mol. The Balaban J connectivity index is 2.07. The first-order chi connectivity index (χ1) is 9.52. The summed E-state index contributed by atoms with van der Waals surface area (Å²) in [7, 11) is 0. The van der Waals surface area contributed by atoms with Gasteiger partial charge in [-0.1, -0.05) is 32.9 Å². The number of nitrogens with one attached hydrogen (secondary N) is 1. The van der Waals surface area contributed by atoms with E-state index in [-0.39, 0.29) is 0 Å². The Labute approximate surface area is 120 Å². The highest BCUT2D eigenvalue weighted by Gasteiger charge is 2.16. The Bertz CT molecular complexity index is 533. The topological polar surface area (TPSA) is 55.6 Å². The van der Waals surface area contributed by atoms with E-state index >= 15 is 0 Å².